The van der Waals surface area contributed by atoms with Gasteiger partial charge in [0.05, 0.1) is 12.7 Å². The first kappa shape index (κ1) is 14.9. The molecule has 0 bridgehead atoms. The monoisotopic (exact) mass is 282 g/mol. The minimum atomic E-state index is -0.241. The smallest absolute Gasteiger partial charge is 0.189 e. The molecule has 3 heteroatoms. The van der Waals surface area contributed by atoms with Crippen molar-refractivity contribution in [1.82, 2.24) is 0 Å². The number of rotatable bonds is 5. The number of carbonyl (C=O) groups excluding carboxylic acids is 1. The van der Waals surface area contributed by atoms with Gasteiger partial charge in [0.15, 0.2) is 5.78 Å². The lowest BCUT2D eigenvalue weighted by atomic mass is 10.1. The van der Waals surface area contributed by atoms with E-state index < -0.39 is 0 Å². The molecule has 0 radical (unpaired) electrons. The second-order valence-corrected chi connectivity index (χ2v) is 4.68. The topological polar surface area (TPSA) is 46.5 Å². The number of carbonyl (C=O) groups is 1. The summed E-state index contributed by atoms with van der Waals surface area (Å²) in [6.07, 6.45) is 4.19. The zero-order chi connectivity index (χ0) is 15.2. The SMILES string of the molecule is CCc1ccc(/C=C/C(=O)c2ccc(OC)cc2O)cc1. The van der Waals surface area contributed by atoms with E-state index in [9.17, 15) is 9.90 Å². The minimum absolute atomic E-state index is 0.0784. The van der Waals surface area contributed by atoms with E-state index in [1.54, 1.807) is 18.2 Å². The Morgan fingerprint density at radius 1 is 1.19 bits per heavy atom. The molecule has 2 rings (SSSR count). The molecular formula is C18H18O3. The van der Waals surface area contributed by atoms with Crippen LogP contribution in [0.1, 0.15) is 28.4 Å². The molecule has 0 aromatic heterocycles. The number of phenolic OH excluding ortho intramolecular Hbond substituents is 1. The highest BCUT2D eigenvalue weighted by Crippen LogP contribution is 2.24. The van der Waals surface area contributed by atoms with Crippen molar-refractivity contribution < 1.29 is 14.6 Å². The average Bonchev–Trinajstić information content (AvgIpc) is 2.52. The third-order valence-corrected chi connectivity index (χ3v) is 3.29. The van der Waals surface area contributed by atoms with Crippen molar-refractivity contribution in [3.8, 4) is 11.5 Å². The third-order valence-electron chi connectivity index (χ3n) is 3.29. The first-order chi connectivity index (χ1) is 10.1. The van der Waals surface area contributed by atoms with Crippen molar-refractivity contribution in [1.29, 1.82) is 0 Å². The lowest BCUT2D eigenvalue weighted by molar-refractivity contribution is 0.104. The molecule has 0 aliphatic heterocycles. The maximum atomic E-state index is 12.1. The van der Waals surface area contributed by atoms with Crippen molar-refractivity contribution in [3.63, 3.8) is 0 Å². The standard InChI is InChI=1S/C18H18O3/c1-3-13-4-6-14(7-5-13)8-11-17(19)16-10-9-15(21-2)12-18(16)20/h4-12,20H,3H2,1-2H3/b11-8+. The summed E-state index contributed by atoms with van der Waals surface area (Å²) < 4.78 is 4.99. The van der Waals surface area contributed by atoms with Crippen LogP contribution in [-0.4, -0.2) is 18.0 Å². The van der Waals surface area contributed by atoms with E-state index in [0.29, 0.717) is 5.75 Å². The molecule has 2 aromatic rings. The van der Waals surface area contributed by atoms with Crippen LogP contribution in [0.4, 0.5) is 0 Å². The summed E-state index contributed by atoms with van der Waals surface area (Å²) in [6.45, 7) is 2.10. The summed E-state index contributed by atoms with van der Waals surface area (Å²) in [5.41, 5.74) is 2.47. The Balaban J connectivity index is 2.14. The molecule has 0 aliphatic carbocycles. The van der Waals surface area contributed by atoms with Gasteiger partial charge >= 0.3 is 0 Å². The molecular weight excluding hydrogens is 264 g/mol. The van der Waals surface area contributed by atoms with Gasteiger partial charge in [-0.1, -0.05) is 37.3 Å². The first-order valence-corrected chi connectivity index (χ1v) is 6.82. The first-order valence-electron chi connectivity index (χ1n) is 6.82. The Morgan fingerprint density at radius 3 is 2.48 bits per heavy atom. The Bertz CT molecular complexity index is 655. The highest BCUT2D eigenvalue weighted by Gasteiger charge is 2.09. The molecule has 0 unspecified atom stereocenters. The minimum Gasteiger partial charge on any atom is -0.507 e. The van der Waals surface area contributed by atoms with Gasteiger partial charge < -0.3 is 9.84 Å². The van der Waals surface area contributed by atoms with Crippen LogP contribution in [0, 0.1) is 0 Å². The molecule has 0 saturated carbocycles. The molecule has 0 heterocycles. The van der Waals surface area contributed by atoms with Crippen molar-refractivity contribution in [2.45, 2.75) is 13.3 Å². The second kappa shape index (κ2) is 6.75. The zero-order valence-corrected chi connectivity index (χ0v) is 12.2. The molecule has 0 spiro atoms. The molecule has 0 aliphatic rings. The van der Waals surface area contributed by atoms with Crippen LogP contribution in [0.3, 0.4) is 0 Å². The van der Waals surface area contributed by atoms with E-state index in [0.717, 1.165) is 12.0 Å². The number of aryl methyl sites for hydroxylation is 1. The predicted molar refractivity (Wildman–Crippen MR) is 83.8 cm³/mol. The molecule has 1 N–H and O–H groups in total. The van der Waals surface area contributed by atoms with E-state index in [2.05, 4.69) is 6.92 Å². The summed E-state index contributed by atoms with van der Waals surface area (Å²) in [6, 6.07) is 12.6. The van der Waals surface area contributed by atoms with Gasteiger partial charge in [-0.2, -0.15) is 0 Å². The van der Waals surface area contributed by atoms with E-state index in [4.69, 9.17) is 4.74 Å². The van der Waals surface area contributed by atoms with Gasteiger partial charge in [0, 0.05) is 6.07 Å². The van der Waals surface area contributed by atoms with Gasteiger partial charge in [-0.05, 0) is 35.8 Å². The fraction of sp³-hybridized carbons (Fsp3) is 0.167. The van der Waals surface area contributed by atoms with E-state index in [-0.39, 0.29) is 17.1 Å². The van der Waals surface area contributed by atoms with Crippen LogP contribution in [0.2, 0.25) is 0 Å². The third kappa shape index (κ3) is 3.72. The number of aromatic hydroxyl groups is 1. The van der Waals surface area contributed by atoms with Gasteiger partial charge in [0.25, 0.3) is 0 Å². The van der Waals surface area contributed by atoms with Crippen molar-refractivity contribution in [3.05, 3.63) is 65.2 Å². The normalized spacial score (nSPS) is 10.8. The largest absolute Gasteiger partial charge is 0.507 e. The van der Waals surface area contributed by atoms with Crippen LogP contribution in [0.5, 0.6) is 11.5 Å². The molecule has 0 atom stereocenters. The second-order valence-electron chi connectivity index (χ2n) is 4.68. The van der Waals surface area contributed by atoms with E-state index in [1.165, 1.54) is 24.8 Å². The number of methoxy groups -OCH3 is 1. The Labute approximate surface area is 124 Å². The average molecular weight is 282 g/mol. The Morgan fingerprint density at radius 2 is 1.90 bits per heavy atom. The Kier molecular flexibility index (Phi) is 4.77. The van der Waals surface area contributed by atoms with Crippen LogP contribution in [0.25, 0.3) is 6.08 Å². The van der Waals surface area contributed by atoms with Gasteiger partial charge in [-0.3, -0.25) is 4.79 Å². The van der Waals surface area contributed by atoms with Crippen molar-refractivity contribution >= 4 is 11.9 Å². The molecule has 0 saturated heterocycles. The summed E-state index contributed by atoms with van der Waals surface area (Å²) >= 11 is 0. The molecule has 2 aromatic carbocycles. The number of phenols is 1. The number of allylic oxidation sites excluding steroid dienone is 1. The van der Waals surface area contributed by atoms with Gasteiger partial charge in [0.1, 0.15) is 11.5 Å². The number of ether oxygens (including phenoxy) is 1. The summed E-state index contributed by atoms with van der Waals surface area (Å²) in [5, 5.41) is 9.82. The summed E-state index contributed by atoms with van der Waals surface area (Å²) in [4.78, 5) is 12.1. The number of benzene rings is 2. The van der Waals surface area contributed by atoms with Crippen LogP contribution < -0.4 is 4.74 Å². The Hall–Kier alpha value is -2.55. The maximum Gasteiger partial charge on any atom is 0.189 e. The van der Waals surface area contributed by atoms with Gasteiger partial charge in [0.2, 0.25) is 0 Å². The fourth-order valence-corrected chi connectivity index (χ4v) is 1.97. The van der Waals surface area contributed by atoms with Crippen LogP contribution >= 0.6 is 0 Å². The molecule has 0 amide bonds. The number of hydrogen-bond donors (Lipinski definition) is 1. The highest BCUT2D eigenvalue weighted by atomic mass is 16.5. The lowest BCUT2D eigenvalue weighted by Gasteiger charge is -2.04. The fourth-order valence-electron chi connectivity index (χ4n) is 1.97. The molecule has 21 heavy (non-hydrogen) atoms. The van der Waals surface area contributed by atoms with Gasteiger partial charge in [-0.25, -0.2) is 0 Å². The summed E-state index contributed by atoms with van der Waals surface area (Å²) in [5.74, 6) is 0.197. The maximum absolute atomic E-state index is 12.1. The van der Waals surface area contributed by atoms with Crippen LogP contribution in [0.15, 0.2) is 48.5 Å². The van der Waals surface area contributed by atoms with Crippen LogP contribution in [-0.2, 0) is 6.42 Å². The zero-order valence-electron chi connectivity index (χ0n) is 12.2. The lowest BCUT2D eigenvalue weighted by Crippen LogP contribution is -1.95. The summed E-state index contributed by atoms with van der Waals surface area (Å²) in [7, 11) is 1.51. The van der Waals surface area contributed by atoms with Crippen molar-refractivity contribution in [2.24, 2.45) is 0 Å². The number of hydrogen-bond acceptors (Lipinski definition) is 3. The van der Waals surface area contributed by atoms with Gasteiger partial charge in [-0.15, -0.1) is 0 Å². The van der Waals surface area contributed by atoms with Crippen molar-refractivity contribution in [2.75, 3.05) is 7.11 Å². The molecule has 3 nitrogen and oxygen atoms in total. The van der Waals surface area contributed by atoms with E-state index >= 15 is 0 Å². The molecule has 108 valence electrons. The quantitative estimate of drug-likeness (QED) is 0.669. The molecule has 0 fully saturated rings. The predicted octanol–water partition coefficient (Wildman–Crippen LogP) is 3.86. The number of ketones is 1. The van der Waals surface area contributed by atoms with E-state index in [1.807, 2.05) is 24.3 Å². The highest BCUT2D eigenvalue weighted by molar-refractivity contribution is 6.08.